The highest BCUT2D eigenvalue weighted by Gasteiger charge is 2.68. The lowest BCUT2D eigenvalue weighted by Crippen LogP contribution is -2.64. The first-order valence-electron chi connectivity index (χ1n) is 16.5. The summed E-state index contributed by atoms with van der Waals surface area (Å²) in [6.07, 6.45) is 8.67. The number of halogens is 1. The Labute approximate surface area is 264 Å². The van der Waals surface area contributed by atoms with E-state index in [1.807, 2.05) is 48.1 Å². The molecule has 238 valence electrons. The van der Waals surface area contributed by atoms with E-state index in [9.17, 15) is 24.5 Å². The lowest BCUT2D eigenvalue weighted by molar-refractivity contribution is -0.181. The van der Waals surface area contributed by atoms with E-state index in [0.717, 1.165) is 48.2 Å². The average Bonchev–Trinajstić information content (AvgIpc) is 3.55. The SMILES string of the molecule is CC12Cc3cnn(-c4ccc(F)cc4)c3C=C1CCC1C2C(O)CC2(C)C1CC[C@]2(O)C(=O)N[C@H](CO)CCc1ccccc1. The molecule has 0 aliphatic heterocycles. The summed E-state index contributed by atoms with van der Waals surface area (Å²) in [5.41, 5.74) is 2.72. The number of hydrogen-bond donors (Lipinski definition) is 4. The van der Waals surface area contributed by atoms with E-state index < -0.39 is 29.1 Å². The van der Waals surface area contributed by atoms with Gasteiger partial charge in [-0.1, -0.05) is 49.8 Å². The number of aryl methyl sites for hydroxylation is 1. The third-order valence-electron chi connectivity index (χ3n) is 12.2. The van der Waals surface area contributed by atoms with Gasteiger partial charge < -0.3 is 20.6 Å². The molecule has 0 saturated heterocycles. The van der Waals surface area contributed by atoms with Gasteiger partial charge in [0, 0.05) is 5.41 Å². The van der Waals surface area contributed by atoms with Crippen LogP contribution in [0, 0.1) is 34.4 Å². The van der Waals surface area contributed by atoms with Gasteiger partial charge in [0.05, 0.1) is 36.3 Å². The zero-order chi connectivity index (χ0) is 31.6. The first kappa shape index (κ1) is 30.3. The number of nitrogens with one attached hydrogen (secondary N) is 1. The van der Waals surface area contributed by atoms with Gasteiger partial charge in [-0.15, -0.1) is 0 Å². The Kier molecular flexibility index (Phi) is 7.53. The predicted octanol–water partition coefficient (Wildman–Crippen LogP) is 5.01. The van der Waals surface area contributed by atoms with Crippen molar-refractivity contribution in [2.75, 3.05) is 6.61 Å². The molecule has 8 heteroatoms. The molecule has 0 radical (unpaired) electrons. The number of allylic oxidation sites excluding steroid dienone is 1. The minimum absolute atomic E-state index is 0.000583. The first-order valence-corrected chi connectivity index (χ1v) is 16.5. The Morgan fingerprint density at radius 1 is 1.13 bits per heavy atom. The van der Waals surface area contributed by atoms with Gasteiger partial charge in [0.15, 0.2) is 0 Å². The first-order chi connectivity index (χ1) is 21.6. The summed E-state index contributed by atoms with van der Waals surface area (Å²) in [5.74, 6) is -0.443. The van der Waals surface area contributed by atoms with Gasteiger partial charge in [-0.3, -0.25) is 4.79 Å². The van der Waals surface area contributed by atoms with Crippen LogP contribution in [0.25, 0.3) is 11.8 Å². The number of fused-ring (bicyclic) bond motifs is 6. The Morgan fingerprint density at radius 2 is 1.89 bits per heavy atom. The minimum atomic E-state index is -1.61. The van der Waals surface area contributed by atoms with E-state index in [4.69, 9.17) is 0 Å². The Bertz CT molecular complexity index is 1610. The molecule has 4 N–H and O–H groups in total. The molecule has 0 bridgehead atoms. The highest BCUT2D eigenvalue weighted by atomic mass is 19.1. The average molecular weight is 614 g/mol. The van der Waals surface area contributed by atoms with Crippen molar-refractivity contribution in [1.29, 1.82) is 0 Å². The molecule has 1 heterocycles. The van der Waals surface area contributed by atoms with Crippen molar-refractivity contribution in [3.63, 3.8) is 0 Å². The lowest BCUT2D eigenvalue weighted by Gasteiger charge is -2.60. The molecule has 3 saturated carbocycles. The van der Waals surface area contributed by atoms with Gasteiger partial charge in [0.2, 0.25) is 0 Å². The summed E-state index contributed by atoms with van der Waals surface area (Å²) >= 11 is 0. The Morgan fingerprint density at radius 3 is 2.62 bits per heavy atom. The van der Waals surface area contributed by atoms with Gasteiger partial charge in [0.25, 0.3) is 5.91 Å². The number of aliphatic hydroxyl groups is 3. The Hall–Kier alpha value is -3.33. The second-order valence-electron chi connectivity index (χ2n) is 14.5. The summed E-state index contributed by atoms with van der Waals surface area (Å²) in [5, 5.41) is 41.9. The molecular formula is C37H44FN3O4. The van der Waals surface area contributed by atoms with E-state index in [1.54, 1.807) is 12.1 Å². The van der Waals surface area contributed by atoms with Crippen LogP contribution in [0.5, 0.6) is 0 Å². The maximum atomic E-state index is 13.8. The normalized spacial score (nSPS) is 34.1. The van der Waals surface area contributed by atoms with Crippen molar-refractivity contribution in [2.24, 2.45) is 28.6 Å². The zero-order valence-electron chi connectivity index (χ0n) is 26.1. The number of carbonyl (C=O) groups is 1. The summed E-state index contributed by atoms with van der Waals surface area (Å²) in [6.45, 7) is 4.07. The van der Waals surface area contributed by atoms with E-state index in [-0.39, 0.29) is 35.6 Å². The van der Waals surface area contributed by atoms with Crippen molar-refractivity contribution in [2.45, 2.75) is 83.0 Å². The molecule has 3 aromatic rings. The van der Waals surface area contributed by atoms with Crippen molar-refractivity contribution in [3.05, 3.63) is 89.0 Å². The van der Waals surface area contributed by atoms with Gasteiger partial charge in [0.1, 0.15) is 11.4 Å². The molecule has 4 aliphatic rings. The number of nitrogens with zero attached hydrogens (tertiary/aromatic N) is 2. The maximum absolute atomic E-state index is 13.8. The molecule has 8 atom stereocenters. The van der Waals surface area contributed by atoms with Crippen molar-refractivity contribution in [3.8, 4) is 5.69 Å². The number of amides is 1. The van der Waals surface area contributed by atoms with Crippen LogP contribution in [0.4, 0.5) is 4.39 Å². The topological polar surface area (TPSA) is 108 Å². The summed E-state index contributed by atoms with van der Waals surface area (Å²) in [4.78, 5) is 13.8. The second-order valence-corrected chi connectivity index (χ2v) is 14.5. The number of hydrogen-bond acceptors (Lipinski definition) is 5. The molecular weight excluding hydrogens is 569 g/mol. The Balaban J connectivity index is 1.11. The lowest BCUT2D eigenvalue weighted by atomic mass is 9.45. The number of aliphatic hydroxyl groups excluding tert-OH is 2. The van der Waals surface area contributed by atoms with Gasteiger partial charge in [-0.2, -0.15) is 5.10 Å². The van der Waals surface area contributed by atoms with Crippen LogP contribution in [0.15, 0.2) is 66.4 Å². The fourth-order valence-electron chi connectivity index (χ4n) is 9.85. The smallest absolute Gasteiger partial charge is 0.252 e. The van der Waals surface area contributed by atoms with E-state index in [0.29, 0.717) is 25.7 Å². The fourth-order valence-corrected chi connectivity index (χ4v) is 9.85. The van der Waals surface area contributed by atoms with Crippen molar-refractivity contribution >= 4 is 12.0 Å². The second kappa shape index (κ2) is 11.2. The minimum Gasteiger partial charge on any atom is -0.394 e. The highest BCUT2D eigenvalue weighted by Crippen LogP contribution is 2.67. The molecule has 3 fully saturated rings. The molecule has 45 heavy (non-hydrogen) atoms. The van der Waals surface area contributed by atoms with Crippen LogP contribution >= 0.6 is 0 Å². The van der Waals surface area contributed by atoms with Gasteiger partial charge >= 0.3 is 0 Å². The van der Waals surface area contributed by atoms with Crippen LogP contribution in [0.1, 0.15) is 69.2 Å². The summed E-state index contributed by atoms with van der Waals surface area (Å²) in [6, 6.07) is 15.9. The number of aromatic nitrogens is 2. The largest absolute Gasteiger partial charge is 0.394 e. The van der Waals surface area contributed by atoms with Crippen LogP contribution in [0.3, 0.4) is 0 Å². The van der Waals surface area contributed by atoms with E-state index >= 15 is 0 Å². The molecule has 6 unspecified atom stereocenters. The highest BCUT2D eigenvalue weighted by molar-refractivity contribution is 5.87. The van der Waals surface area contributed by atoms with E-state index in [1.165, 1.54) is 17.7 Å². The molecule has 7 nitrogen and oxygen atoms in total. The van der Waals surface area contributed by atoms with Crippen molar-refractivity contribution in [1.82, 2.24) is 15.1 Å². The molecule has 4 aliphatic carbocycles. The molecule has 1 aromatic heterocycles. The van der Waals surface area contributed by atoms with Crippen LogP contribution in [-0.2, 0) is 17.6 Å². The molecule has 1 amide bonds. The van der Waals surface area contributed by atoms with Crippen LogP contribution in [0.2, 0.25) is 0 Å². The third kappa shape index (κ3) is 4.79. The standard InChI is InChI=1S/C37H44FN3O4/c1-35-19-24-21-39-41(28-13-10-26(38)11-14-28)31(24)18-25(35)9-15-29-30-16-17-37(45,36(30,2)20-32(43)33(29)35)34(44)40-27(22-42)12-8-23-6-4-3-5-7-23/h3-7,10-11,13-14,18,21,27,29-30,32-33,42-43,45H,8-9,12,15-17,19-20,22H2,1-2H3,(H,40,44)/t27-,29?,30?,32?,33?,35?,36?,37-/m0/s1. The monoisotopic (exact) mass is 613 g/mol. The third-order valence-corrected chi connectivity index (χ3v) is 12.2. The van der Waals surface area contributed by atoms with Crippen molar-refractivity contribution < 1.29 is 24.5 Å². The predicted molar refractivity (Wildman–Crippen MR) is 170 cm³/mol. The molecule has 2 aromatic carbocycles. The zero-order valence-corrected chi connectivity index (χ0v) is 26.1. The summed E-state index contributed by atoms with van der Waals surface area (Å²) in [7, 11) is 0. The van der Waals surface area contributed by atoms with E-state index in [2.05, 4.69) is 23.4 Å². The van der Waals surface area contributed by atoms with Crippen LogP contribution < -0.4 is 5.32 Å². The number of rotatable bonds is 7. The van der Waals surface area contributed by atoms with Gasteiger partial charge in [-0.25, -0.2) is 9.07 Å². The summed E-state index contributed by atoms with van der Waals surface area (Å²) < 4.78 is 15.5. The number of carbonyl (C=O) groups excluding carboxylic acids is 1. The molecule has 7 rings (SSSR count). The quantitative estimate of drug-likeness (QED) is 0.300. The van der Waals surface area contributed by atoms with Crippen LogP contribution in [-0.4, -0.2) is 55.4 Å². The molecule has 0 spiro atoms. The number of benzene rings is 2. The van der Waals surface area contributed by atoms with Gasteiger partial charge in [-0.05, 0) is 116 Å². The fraction of sp³-hybridized carbons (Fsp3) is 0.514. The maximum Gasteiger partial charge on any atom is 0.252 e.